The Bertz CT molecular complexity index is 1140. The zero-order chi connectivity index (χ0) is 23.8. The standard InChI is InChI=1S/C26H26N2O4S/c1-17-6-5-7-18(2)24(17)26(31)32-20-12-10-19(11-13-20)16-33-22-9-4-3-8-21(22)25(30)28-15-14-23(27)29/h3-13H,14-16H2,1-2H3,(H2,27,29)(H,28,30). The molecule has 170 valence electrons. The largest absolute Gasteiger partial charge is 0.423 e. The van der Waals surface area contributed by atoms with Crippen LogP contribution < -0.4 is 15.8 Å². The predicted molar refractivity (Wildman–Crippen MR) is 129 cm³/mol. The van der Waals surface area contributed by atoms with E-state index in [1.807, 2.05) is 56.3 Å². The summed E-state index contributed by atoms with van der Waals surface area (Å²) in [7, 11) is 0. The molecule has 0 atom stereocenters. The predicted octanol–water partition coefficient (Wildman–Crippen LogP) is 4.42. The molecule has 0 fully saturated rings. The summed E-state index contributed by atoms with van der Waals surface area (Å²) in [5.74, 6) is 0.0420. The Morgan fingerprint density at radius 2 is 1.58 bits per heavy atom. The first-order valence-electron chi connectivity index (χ1n) is 10.5. The third kappa shape index (κ3) is 6.70. The Balaban J connectivity index is 1.61. The van der Waals surface area contributed by atoms with Gasteiger partial charge in [0.1, 0.15) is 5.75 Å². The van der Waals surface area contributed by atoms with Crippen LogP contribution in [-0.4, -0.2) is 24.3 Å². The van der Waals surface area contributed by atoms with Crippen LogP contribution >= 0.6 is 11.8 Å². The van der Waals surface area contributed by atoms with E-state index >= 15 is 0 Å². The molecule has 3 aromatic rings. The van der Waals surface area contributed by atoms with Crippen molar-refractivity contribution in [2.24, 2.45) is 5.73 Å². The minimum atomic E-state index is -0.457. The molecule has 0 aliphatic rings. The van der Waals surface area contributed by atoms with Gasteiger partial charge in [0.2, 0.25) is 5.91 Å². The Kier molecular flexibility index (Phi) is 8.27. The maximum atomic E-state index is 12.6. The lowest BCUT2D eigenvalue weighted by Crippen LogP contribution is -2.28. The number of aryl methyl sites for hydroxylation is 2. The van der Waals surface area contributed by atoms with E-state index < -0.39 is 5.91 Å². The lowest BCUT2D eigenvalue weighted by molar-refractivity contribution is -0.117. The first-order valence-corrected chi connectivity index (χ1v) is 11.5. The average Bonchev–Trinajstić information content (AvgIpc) is 2.78. The highest BCUT2D eigenvalue weighted by Gasteiger charge is 2.15. The normalized spacial score (nSPS) is 10.5. The highest BCUT2D eigenvalue weighted by Crippen LogP contribution is 2.27. The summed E-state index contributed by atoms with van der Waals surface area (Å²) in [5.41, 5.74) is 9.03. The van der Waals surface area contributed by atoms with Gasteiger partial charge in [-0.25, -0.2) is 4.79 Å². The summed E-state index contributed by atoms with van der Waals surface area (Å²) in [4.78, 5) is 36.7. The van der Waals surface area contributed by atoms with Crippen LogP contribution in [0.1, 0.15) is 43.8 Å². The molecule has 6 nitrogen and oxygen atoms in total. The maximum Gasteiger partial charge on any atom is 0.344 e. The van der Waals surface area contributed by atoms with Crippen LogP contribution in [0.15, 0.2) is 71.6 Å². The van der Waals surface area contributed by atoms with Gasteiger partial charge in [0.25, 0.3) is 5.91 Å². The fraction of sp³-hybridized carbons (Fsp3) is 0.192. The molecule has 0 radical (unpaired) electrons. The van der Waals surface area contributed by atoms with Gasteiger partial charge in [0.15, 0.2) is 0 Å². The second-order valence-electron chi connectivity index (χ2n) is 7.56. The van der Waals surface area contributed by atoms with Crippen LogP contribution in [0.4, 0.5) is 0 Å². The Morgan fingerprint density at radius 1 is 0.909 bits per heavy atom. The number of amides is 2. The van der Waals surface area contributed by atoms with Crippen molar-refractivity contribution in [3.8, 4) is 5.75 Å². The number of benzene rings is 3. The summed E-state index contributed by atoms with van der Waals surface area (Å²) in [5, 5.41) is 2.71. The molecule has 0 aliphatic carbocycles. The molecule has 0 aliphatic heterocycles. The topological polar surface area (TPSA) is 98.5 Å². The quantitative estimate of drug-likeness (QED) is 0.279. The van der Waals surface area contributed by atoms with E-state index in [1.54, 1.807) is 24.3 Å². The molecule has 3 N–H and O–H groups in total. The number of primary amides is 1. The zero-order valence-corrected chi connectivity index (χ0v) is 19.4. The Labute approximate surface area is 197 Å². The molecule has 3 aromatic carbocycles. The van der Waals surface area contributed by atoms with E-state index in [9.17, 15) is 14.4 Å². The molecule has 0 saturated heterocycles. The van der Waals surface area contributed by atoms with Gasteiger partial charge in [0, 0.05) is 23.6 Å². The van der Waals surface area contributed by atoms with Crippen LogP contribution in [0.25, 0.3) is 0 Å². The van der Waals surface area contributed by atoms with E-state index in [-0.39, 0.29) is 24.8 Å². The van der Waals surface area contributed by atoms with Crippen molar-refractivity contribution in [1.82, 2.24) is 5.32 Å². The summed E-state index contributed by atoms with van der Waals surface area (Å²) in [6.07, 6.45) is 0.0986. The number of hydrogen-bond donors (Lipinski definition) is 2. The van der Waals surface area contributed by atoms with Crippen molar-refractivity contribution in [1.29, 1.82) is 0 Å². The second-order valence-corrected chi connectivity index (χ2v) is 8.57. The monoisotopic (exact) mass is 462 g/mol. The number of rotatable bonds is 9. The van der Waals surface area contributed by atoms with Crippen LogP contribution in [0.3, 0.4) is 0 Å². The van der Waals surface area contributed by atoms with Gasteiger partial charge in [-0.1, -0.05) is 42.5 Å². The number of carbonyl (C=O) groups excluding carboxylic acids is 3. The molecule has 0 heterocycles. The number of hydrogen-bond acceptors (Lipinski definition) is 5. The lowest BCUT2D eigenvalue weighted by Gasteiger charge is -2.11. The number of ether oxygens (including phenoxy) is 1. The summed E-state index contributed by atoms with van der Waals surface area (Å²) >= 11 is 1.53. The fourth-order valence-electron chi connectivity index (χ4n) is 3.28. The van der Waals surface area contributed by atoms with Crippen molar-refractivity contribution in [3.63, 3.8) is 0 Å². The molecule has 7 heteroatoms. The average molecular weight is 463 g/mol. The van der Waals surface area contributed by atoms with Crippen LogP contribution in [0.2, 0.25) is 0 Å². The molecule has 0 unspecified atom stereocenters. The fourth-order valence-corrected chi connectivity index (χ4v) is 4.29. The van der Waals surface area contributed by atoms with E-state index in [1.165, 1.54) is 11.8 Å². The third-order valence-corrected chi connectivity index (χ3v) is 6.15. The number of nitrogens with one attached hydrogen (secondary N) is 1. The summed E-state index contributed by atoms with van der Waals surface area (Å²) < 4.78 is 5.55. The van der Waals surface area contributed by atoms with Gasteiger partial charge in [-0.3, -0.25) is 9.59 Å². The minimum absolute atomic E-state index is 0.0986. The van der Waals surface area contributed by atoms with Crippen molar-refractivity contribution in [2.45, 2.75) is 30.9 Å². The molecule has 0 bridgehead atoms. The van der Waals surface area contributed by atoms with E-state index in [2.05, 4.69) is 5.32 Å². The number of nitrogens with two attached hydrogens (primary N) is 1. The highest BCUT2D eigenvalue weighted by atomic mass is 32.2. The van der Waals surface area contributed by atoms with Gasteiger partial charge in [-0.05, 0) is 54.8 Å². The van der Waals surface area contributed by atoms with E-state index in [0.717, 1.165) is 21.6 Å². The van der Waals surface area contributed by atoms with Gasteiger partial charge in [-0.15, -0.1) is 11.8 Å². The van der Waals surface area contributed by atoms with Gasteiger partial charge in [0.05, 0.1) is 11.1 Å². The number of carbonyl (C=O) groups is 3. The van der Waals surface area contributed by atoms with Gasteiger partial charge >= 0.3 is 5.97 Å². The number of esters is 1. The summed E-state index contributed by atoms with van der Waals surface area (Å²) in [6, 6.07) is 20.3. The summed E-state index contributed by atoms with van der Waals surface area (Å²) in [6.45, 7) is 3.98. The van der Waals surface area contributed by atoms with Gasteiger partial charge < -0.3 is 15.8 Å². The first kappa shape index (κ1) is 24.1. The SMILES string of the molecule is Cc1cccc(C)c1C(=O)Oc1ccc(CSc2ccccc2C(=O)NCCC(N)=O)cc1. The third-order valence-electron chi connectivity index (χ3n) is 5.00. The Morgan fingerprint density at radius 3 is 2.24 bits per heavy atom. The zero-order valence-electron chi connectivity index (χ0n) is 18.6. The molecule has 0 spiro atoms. The molecule has 3 rings (SSSR count). The van der Waals surface area contributed by atoms with Gasteiger partial charge in [-0.2, -0.15) is 0 Å². The molecule has 2 amide bonds. The molecule has 33 heavy (non-hydrogen) atoms. The van der Waals surface area contributed by atoms with Crippen LogP contribution in [0, 0.1) is 13.8 Å². The lowest BCUT2D eigenvalue weighted by atomic mass is 10.0. The second kappa shape index (κ2) is 11.3. The number of thioether (sulfide) groups is 1. The van der Waals surface area contributed by atoms with Crippen LogP contribution in [-0.2, 0) is 10.5 Å². The molecule has 0 saturated carbocycles. The first-order chi connectivity index (χ1) is 15.8. The molecule has 0 aromatic heterocycles. The smallest absolute Gasteiger partial charge is 0.344 e. The van der Waals surface area contributed by atoms with Crippen molar-refractivity contribution >= 4 is 29.5 Å². The van der Waals surface area contributed by atoms with Crippen LogP contribution in [0.5, 0.6) is 5.75 Å². The maximum absolute atomic E-state index is 12.6. The Hall–Kier alpha value is -3.58. The van der Waals surface area contributed by atoms with Crippen molar-refractivity contribution in [3.05, 3.63) is 94.5 Å². The van der Waals surface area contributed by atoms with Crippen molar-refractivity contribution in [2.75, 3.05) is 6.54 Å². The minimum Gasteiger partial charge on any atom is -0.423 e. The van der Waals surface area contributed by atoms with Crippen molar-refractivity contribution < 1.29 is 19.1 Å². The molecular formula is C26H26N2O4S. The molecular weight excluding hydrogens is 436 g/mol. The van der Waals surface area contributed by atoms with E-state index in [0.29, 0.717) is 22.6 Å². The highest BCUT2D eigenvalue weighted by molar-refractivity contribution is 7.98. The van der Waals surface area contributed by atoms with E-state index in [4.69, 9.17) is 10.5 Å².